The maximum Gasteiger partial charge on any atom is 0.269 e. The average Bonchev–Trinajstić information content (AvgIpc) is 2.74. The van der Waals surface area contributed by atoms with Crippen LogP contribution in [0, 0.1) is 10.1 Å². The highest BCUT2D eigenvalue weighted by atomic mass is 16.6. The Hall–Kier alpha value is -3.49. The van der Waals surface area contributed by atoms with Crippen molar-refractivity contribution in [2.75, 3.05) is 37.6 Å². The number of rotatable bonds is 6. The van der Waals surface area contributed by atoms with Crippen LogP contribution >= 0.6 is 0 Å². The molecule has 2 aromatic rings. The molecule has 1 aliphatic heterocycles. The molecular formula is C19H22N5O4+. The van der Waals surface area contributed by atoms with Crippen molar-refractivity contribution in [2.45, 2.75) is 6.42 Å². The van der Waals surface area contributed by atoms with Crippen LogP contribution in [-0.4, -0.2) is 54.4 Å². The maximum absolute atomic E-state index is 12.4. The average molecular weight is 384 g/mol. The summed E-state index contributed by atoms with van der Waals surface area (Å²) in [4.78, 5) is 41.6. The molecule has 1 aromatic heterocycles. The van der Waals surface area contributed by atoms with Gasteiger partial charge in [-0.2, -0.15) is 0 Å². The summed E-state index contributed by atoms with van der Waals surface area (Å²) in [6.07, 6.45) is 3.97. The van der Waals surface area contributed by atoms with Gasteiger partial charge >= 0.3 is 0 Å². The molecule has 1 saturated heterocycles. The summed E-state index contributed by atoms with van der Waals surface area (Å²) in [6, 6.07) is 9.37. The number of nitro groups is 1. The summed E-state index contributed by atoms with van der Waals surface area (Å²) in [6.45, 7) is 3.06. The van der Waals surface area contributed by atoms with E-state index in [0.29, 0.717) is 18.7 Å². The van der Waals surface area contributed by atoms with E-state index in [1.807, 2.05) is 29.4 Å². The third-order valence-electron chi connectivity index (χ3n) is 4.66. The molecule has 2 N–H and O–H groups in total. The third-order valence-corrected chi connectivity index (χ3v) is 4.66. The van der Waals surface area contributed by atoms with Crippen molar-refractivity contribution in [3.05, 3.63) is 64.5 Å². The molecule has 0 bridgehead atoms. The van der Waals surface area contributed by atoms with Gasteiger partial charge < -0.3 is 15.1 Å². The number of anilines is 1. The number of pyridine rings is 1. The summed E-state index contributed by atoms with van der Waals surface area (Å²) in [5, 5.41) is 13.3. The monoisotopic (exact) mass is 384 g/mol. The van der Waals surface area contributed by atoms with E-state index in [0.717, 1.165) is 18.8 Å². The van der Waals surface area contributed by atoms with Gasteiger partial charge in [0.05, 0.1) is 4.92 Å². The van der Waals surface area contributed by atoms with Crippen molar-refractivity contribution >= 4 is 23.2 Å². The summed E-state index contributed by atoms with van der Waals surface area (Å²) in [5.41, 5.74) is 1.38. The van der Waals surface area contributed by atoms with E-state index in [1.165, 1.54) is 24.3 Å². The number of carbonyl (C=O) groups excluding carboxylic acids is 2. The number of carbonyl (C=O) groups is 2. The Morgan fingerprint density at radius 3 is 2.29 bits per heavy atom. The highest BCUT2D eigenvalue weighted by Gasteiger charge is 2.21. The molecule has 0 saturated carbocycles. The van der Waals surface area contributed by atoms with E-state index in [2.05, 4.69) is 15.2 Å². The van der Waals surface area contributed by atoms with Gasteiger partial charge in [0.2, 0.25) is 5.91 Å². The van der Waals surface area contributed by atoms with Gasteiger partial charge in [-0.05, 0) is 12.1 Å². The molecule has 0 unspecified atom stereocenters. The largest absolute Gasteiger partial charge is 0.368 e. The van der Waals surface area contributed by atoms with Crippen LogP contribution in [0.3, 0.4) is 0 Å². The lowest BCUT2D eigenvalue weighted by molar-refractivity contribution is -0.384. The minimum Gasteiger partial charge on any atom is -0.368 e. The van der Waals surface area contributed by atoms with E-state index in [1.54, 1.807) is 0 Å². The van der Waals surface area contributed by atoms with E-state index in [9.17, 15) is 19.7 Å². The molecular weight excluding hydrogens is 362 g/mol. The Kier molecular flexibility index (Phi) is 6.15. The predicted molar refractivity (Wildman–Crippen MR) is 102 cm³/mol. The Morgan fingerprint density at radius 1 is 1.04 bits per heavy atom. The predicted octanol–water partition coefficient (Wildman–Crippen LogP) is 0.878. The fraction of sp³-hybridized carbons (Fsp3) is 0.316. The maximum atomic E-state index is 12.4. The summed E-state index contributed by atoms with van der Waals surface area (Å²) in [5.74, 6) is -0.349. The molecule has 1 fully saturated rings. The zero-order chi connectivity index (χ0) is 19.9. The lowest BCUT2D eigenvalue weighted by Crippen LogP contribution is -2.49. The van der Waals surface area contributed by atoms with Gasteiger partial charge in [-0.3, -0.25) is 19.7 Å². The molecule has 9 heteroatoms. The number of nitrogens with one attached hydrogen (secondary N) is 2. The van der Waals surface area contributed by atoms with Crippen molar-refractivity contribution in [3.63, 3.8) is 0 Å². The highest BCUT2D eigenvalue weighted by Crippen LogP contribution is 2.14. The number of piperazine rings is 1. The van der Waals surface area contributed by atoms with Crippen molar-refractivity contribution in [3.8, 4) is 0 Å². The Labute approximate surface area is 162 Å². The van der Waals surface area contributed by atoms with Gasteiger partial charge in [0, 0.05) is 74.7 Å². The summed E-state index contributed by atoms with van der Waals surface area (Å²) in [7, 11) is 0. The molecule has 3 rings (SSSR count). The first kappa shape index (κ1) is 19.3. The molecule has 2 heterocycles. The minimum atomic E-state index is -0.518. The molecule has 0 aliphatic carbocycles. The van der Waals surface area contributed by atoms with E-state index >= 15 is 0 Å². The number of nitro benzene ring substituents is 1. The van der Waals surface area contributed by atoms with Crippen LogP contribution in [0.2, 0.25) is 0 Å². The van der Waals surface area contributed by atoms with Crippen LogP contribution in [0.15, 0.2) is 48.8 Å². The van der Waals surface area contributed by atoms with Gasteiger partial charge in [-0.1, -0.05) is 0 Å². The number of benzene rings is 1. The lowest BCUT2D eigenvalue weighted by atomic mass is 10.2. The van der Waals surface area contributed by atoms with Crippen LogP contribution in [0.5, 0.6) is 0 Å². The number of aromatic nitrogens is 1. The SMILES string of the molecule is O=C(NCCC(=O)N1CCN(c2cc[nH+]cc2)CC1)c1ccc([N+](=O)[O-])cc1. The number of amides is 2. The fourth-order valence-electron chi connectivity index (χ4n) is 3.08. The summed E-state index contributed by atoms with van der Waals surface area (Å²) < 4.78 is 0. The van der Waals surface area contributed by atoms with Crippen molar-refractivity contribution < 1.29 is 19.5 Å². The number of nitrogens with zero attached hydrogens (tertiary/aromatic N) is 3. The number of non-ortho nitro benzene ring substituents is 1. The van der Waals surface area contributed by atoms with Crippen LogP contribution in [-0.2, 0) is 4.79 Å². The number of hydrogen-bond acceptors (Lipinski definition) is 5. The second kappa shape index (κ2) is 8.94. The quantitative estimate of drug-likeness (QED) is 0.587. The molecule has 9 nitrogen and oxygen atoms in total. The number of H-pyrrole nitrogens is 1. The summed E-state index contributed by atoms with van der Waals surface area (Å²) >= 11 is 0. The first-order chi connectivity index (χ1) is 13.5. The molecule has 0 spiro atoms. The van der Waals surface area contributed by atoms with Crippen molar-refractivity contribution in [1.29, 1.82) is 0 Å². The fourth-order valence-corrected chi connectivity index (χ4v) is 3.08. The molecule has 2 amide bonds. The Bertz CT molecular complexity index is 833. The molecule has 1 aliphatic rings. The Balaban J connectivity index is 1.41. The second-order valence-corrected chi connectivity index (χ2v) is 6.44. The van der Waals surface area contributed by atoms with Gasteiger partial charge in [0.15, 0.2) is 12.4 Å². The van der Waals surface area contributed by atoms with E-state index in [-0.39, 0.29) is 30.5 Å². The van der Waals surface area contributed by atoms with Gasteiger partial charge in [-0.25, -0.2) is 4.98 Å². The first-order valence-corrected chi connectivity index (χ1v) is 9.06. The van der Waals surface area contributed by atoms with Gasteiger partial charge in [0.1, 0.15) is 0 Å². The van der Waals surface area contributed by atoms with E-state index in [4.69, 9.17) is 0 Å². The van der Waals surface area contributed by atoms with Crippen LogP contribution in [0.1, 0.15) is 16.8 Å². The van der Waals surface area contributed by atoms with Crippen molar-refractivity contribution in [2.24, 2.45) is 0 Å². The molecule has 0 atom stereocenters. The minimum absolute atomic E-state index is 0.00467. The molecule has 146 valence electrons. The topological polar surface area (TPSA) is 110 Å². The van der Waals surface area contributed by atoms with Gasteiger partial charge in [-0.15, -0.1) is 0 Å². The first-order valence-electron chi connectivity index (χ1n) is 9.06. The second-order valence-electron chi connectivity index (χ2n) is 6.44. The third kappa shape index (κ3) is 4.81. The van der Waals surface area contributed by atoms with Crippen LogP contribution < -0.4 is 15.2 Å². The normalized spacial score (nSPS) is 13.9. The molecule has 0 radical (unpaired) electrons. The molecule has 1 aromatic carbocycles. The highest BCUT2D eigenvalue weighted by molar-refractivity contribution is 5.94. The number of hydrogen-bond donors (Lipinski definition) is 1. The number of aromatic amines is 1. The zero-order valence-electron chi connectivity index (χ0n) is 15.3. The van der Waals surface area contributed by atoms with E-state index < -0.39 is 4.92 Å². The Morgan fingerprint density at radius 2 is 1.68 bits per heavy atom. The smallest absolute Gasteiger partial charge is 0.269 e. The lowest BCUT2D eigenvalue weighted by Gasteiger charge is -2.35. The zero-order valence-corrected chi connectivity index (χ0v) is 15.3. The van der Waals surface area contributed by atoms with Crippen LogP contribution in [0.25, 0.3) is 0 Å². The van der Waals surface area contributed by atoms with Crippen LogP contribution in [0.4, 0.5) is 11.4 Å². The van der Waals surface area contributed by atoms with Crippen molar-refractivity contribution in [1.82, 2.24) is 10.2 Å². The van der Waals surface area contributed by atoms with Gasteiger partial charge in [0.25, 0.3) is 11.6 Å². The standard InChI is InChI=1S/C19H21N5O4/c25-18(23-13-11-22(12-14-23)16-5-8-20-9-6-16)7-10-21-19(26)15-1-3-17(4-2-15)24(27)28/h1-6,8-9H,7,10-14H2,(H,21,26)/p+1. The molecule has 28 heavy (non-hydrogen) atoms.